The Morgan fingerprint density at radius 1 is 1.24 bits per heavy atom. The topological polar surface area (TPSA) is 41.6 Å². The number of carbonyl (C=O) groups is 1. The fourth-order valence-electron chi connectivity index (χ4n) is 2.30. The van der Waals surface area contributed by atoms with Crippen LogP contribution in [0.3, 0.4) is 0 Å². The van der Waals surface area contributed by atoms with Gasteiger partial charge in [0.15, 0.2) is 0 Å². The summed E-state index contributed by atoms with van der Waals surface area (Å²) in [7, 11) is 0. The lowest BCUT2D eigenvalue weighted by atomic mass is 10.1. The molecule has 4 nitrogen and oxygen atoms in total. The molecule has 0 radical (unpaired) electrons. The number of hydrogen-bond acceptors (Lipinski definition) is 4. The molecule has 1 atom stereocenters. The van der Waals surface area contributed by atoms with E-state index in [1.165, 1.54) is 11.3 Å². The standard InChI is InChI=1S/C17H28N2O2/c1-5-18-16(17(20)21-7-3)12-13-19(6-2)15-10-8-14(4)9-11-15/h8-11,16,18H,5-7,12-13H2,1-4H3. The summed E-state index contributed by atoms with van der Waals surface area (Å²) >= 11 is 0. The van der Waals surface area contributed by atoms with Crippen molar-refractivity contribution in [1.82, 2.24) is 5.32 Å². The van der Waals surface area contributed by atoms with Gasteiger partial charge in [0.2, 0.25) is 0 Å². The zero-order valence-corrected chi connectivity index (χ0v) is 13.7. The molecule has 1 unspecified atom stereocenters. The van der Waals surface area contributed by atoms with Crippen LogP contribution in [0.2, 0.25) is 0 Å². The second kappa shape index (κ2) is 9.40. The SMILES string of the molecule is CCNC(CCN(CC)c1ccc(C)cc1)C(=O)OCC. The summed E-state index contributed by atoms with van der Waals surface area (Å²) in [6.45, 7) is 11.0. The molecule has 118 valence electrons. The third kappa shape index (κ3) is 5.76. The number of likely N-dealkylation sites (N-methyl/N-ethyl adjacent to an activating group) is 1. The molecule has 1 rings (SSSR count). The molecule has 0 aliphatic heterocycles. The van der Waals surface area contributed by atoms with E-state index in [4.69, 9.17) is 4.74 Å². The summed E-state index contributed by atoms with van der Waals surface area (Å²) in [5.41, 5.74) is 2.45. The number of anilines is 1. The van der Waals surface area contributed by atoms with Crippen molar-refractivity contribution in [2.45, 2.75) is 40.2 Å². The Balaban J connectivity index is 2.62. The highest BCUT2D eigenvalue weighted by atomic mass is 16.5. The third-order valence-electron chi connectivity index (χ3n) is 3.49. The Bertz CT molecular complexity index is 417. The highest BCUT2D eigenvalue weighted by Gasteiger charge is 2.19. The Kier molecular flexibility index (Phi) is 7.83. The van der Waals surface area contributed by atoms with E-state index in [9.17, 15) is 4.79 Å². The van der Waals surface area contributed by atoms with Crippen molar-refractivity contribution in [3.8, 4) is 0 Å². The van der Waals surface area contributed by atoms with Crippen molar-refractivity contribution in [3.05, 3.63) is 29.8 Å². The molecule has 0 bridgehead atoms. The van der Waals surface area contributed by atoms with E-state index in [2.05, 4.69) is 48.3 Å². The van der Waals surface area contributed by atoms with Crippen LogP contribution in [0.5, 0.6) is 0 Å². The summed E-state index contributed by atoms with van der Waals surface area (Å²) in [6, 6.07) is 8.27. The van der Waals surface area contributed by atoms with Crippen LogP contribution in [-0.4, -0.2) is 38.3 Å². The van der Waals surface area contributed by atoms with E-state index >= 15 is 0 Å². The van der Waals surface area contributed by atoms with Gasteiger partial charge < -0.3 is 15.0 Å². The summed E-state index contributed by atoms with van der Waals surface area (Å²) in [6.07, 6.45) is 0.744. The smallest absolute Gasteiger partial charge is 0.323 e. The number of esters is 1. The Morgan fingerprint density at radius 3 is 2.43 bits per heavy atom. The zero-order chi connectivity index (χ0) is 15.7. The monoisotopic (exact) mass is 292 g/mol. The lowest BCUT2D eigenvalue weighted by Crippen LogP contribution is -2.41. The van der Waals surface area contributed by atoms with Crippen molar-refractivity contribution < 1.29 is 9.53 Å². The average molecular weight is 292 g/mol. The van der Waals surface area contributed by atoms with Gasteiger partial charge in [-0.25, -0.2) is 0 Å². The molecule has 21 heavy (non-hydrogen) atoms. The van der Waals surface area contributed by atoms with Crippen LogP contribution in [0.15, 0.2) is 24.3 Å². The van der Waals surface area contributed by atoms with Gasteiger partial charge in [0, 0.05) is 18.8 Å². The lowest BCUT2D eigenvalue weighted by Gasteiger charge is -2.25. The van der Waals surface area contributed by atoms with Crippen LogP contribution < -0.4 is 10.2 Å². The van der Waals surface area contributed by atoms with E-state index in [0.717, 1.165) is 26.1 Å². The first-order valence-electron chi connectivity index (χ1n) is 7.83. The predicted molar refractivity (Wildman–Crippen MR) is 87.8 cm³/mol. The van der Waals surface area contributed by atoms with E-state index in [0.29, 0.717) is 6.61 Å². The summed E-state index contributed by atoms with van der Waals surface area (Å²) in [5, 5.41) is 3.21. The molecule has 1 aromatic carbocycles. The van der Waals surface area contributed by atoms with Crippen LogP contribution in [0.25, 0.3) is 0 Å². The Hall–Kier alpha value is -1.55. The van der Waals surface area contributed by atoms with Crippen LogP contribution in [0.4, 0.5) is 5.69 Å². The van der Waals surface area contributed by atoms with Crippen molar-refractivity contribution in [2.75, 3.05) is 31.1 Å². The molecule has 0 saturated carbocycles. The molecule has 0 aromatic heterocycles. The van der Waals surface area contributed by atoms with Crippen molar-refractivity contribution in [2.24, 2.45) is 0 Å². The molecule has 1 N–H and O–H groups in total. The molecule has 0 fully saturated rings. The summed E-state index contributed by atoms with van der Waals surface area (Å²) in [5.74, 6) is -0.153. The van der Waals surface area contributed by atoms with E-state index < -0.39 is 0 Å². The predicted octanol–water partition coefficient (Wildman–Crippen LogP) is 2.75. The third-order valence-corrected chi connectivity index (χ3v) is 3.49. The fourth-order valence-corrected chi connectivity index (χ4v) is 2.30. The van der Waals surface area contributed by atoms with E-state index in [1.54, 1.807) is 0 Å². The highest BCUT2D eigenvalue weighted by Crippen LogP contribution is 2.15. The second-order valence-corrected chi connectivity index (χ2v) is 5.07. The van der Waals surface area contributed by atoms with Crippen molar-refractivity contribution in [1.29, 1.82) is 0 Å². The molecule has 4 heteroatoms. The fraction of sp³-hybridized carbons (Fsp3) is 0.588. The number of ether oxygens (including phenoxy) is 1. The molecule has 0 aliphatic rings. The number of nitrogens with one attached hydrogen (secondary N) is 1. The average Bonchev–Trinajstić information content (AvgIpc) is 2.48. The van der Waals surface area contributed by atoms with Crippen LogP contribution in [0.1, 0.15) is 32.8 Å². The minimum absolute atomic E-state index is 0.153. The molecule has 0 saturated heterocycles. The van der Waals surface area contributed by atoms with Crippen molar-refractivity contribution in [3.63, 3.8) is 0 Å². The maximum atomic E-state index is 11.9. The number of rotatable bonds is 9. The molecular formula is C17H28N2O2. The van der Waals surface area contributed by atoms with Crippen molar-refractivity contribution >= 4 is 11.7 Å². The summed E-state index contributed by atoms with van der Waals surface area (Å²) in [4.78, 5) is 14.2. The van der Waals surface area contributed by atoms with Gasteiger partial charge in [0.25, 0.3) is 0 Å². The first-order valence-corrected chi connectivity index (χ1v) is 7.83. The van der Waals surface area contributed by atoms with Gasteiger partial charge in [-0.1, -0.05) is 24.6 Å². The largest absolute Gasteiger partial charge is 0.465 e. The molecule has 0 spiro atoms. The van der Waals surface area contributed by atoms with Crippen LogP contribution in [0, 0.1) is 6.92 Å². The number of benzene rings is 1. The van der Waals surface area contributed by atoms with Gasteiger partial charge in [-0.3, -0.25) is 4.79 Å². The quantitative estimate of drug-likeness (QED) is 0.711. The minimum Gasteiger partial charge on any atom is -0.465 e. The van der Waals surface area contributed by atoms with Gasteiger partial charge >= 0.3 is 5.97 Å². The van der Waals surface area contributed by atoms with Crippen LogP contribution in [-0.2, 0) is 9.53 Å². The lowest BCUT2D eigenvalue weighted by molar-refractivity contribution is -0.145. The van der Waals surface area contributed by atoms with E-state index in [-0.39, 0.29) is 12.0 Å². The zero-order valence-electron chi connectivity index (χ0n) is 13.7. The number of nitrogens with zero attached hydrogens (tertiary/aromatic N) is 1. The normalized spacial score (nSPS) is 12.0. The van der Waals surface area contributed by atoms with Gasteiger partial charge in [-0.2, -0.15) is 0 Å². The second-order valence-electron chi connectivity index (χ2n) is 5.07. The van der Waals surface area contributed by atoms with Gasteiger partial charge in [0.05, 0.1) is 6.61 Å². The Labute approximate surface area is 128 Å². The maximum Gasteiger partial charge on any atom is 0.323 e. The molecule has 0 amide bonds. The molecule has 1 aromatic rings. The van der Waals surface area contributed by atoms with Crippen LogP contribution >= 0.6 is 0 Å². The number of hydrogen-bond donors (Lipinski definition) is 1. The highest BCUT2D eigenvalue weighted by molar-refractivity contribution is 5.75. The number of carbonyl (C=O) groups excluding carboxylic acids is 1. The minimum atomic E-state index is -0.227. The van der Waals surface area contributed by atoms with Gasteiger partial charge in [-0.15, -0.1) is 0 Å². The van der Waals surface area contributed by atoms with Gasteiger partial charge in [0.1, 0.15) is 6.04 Å². The van der Waals surface area contributed by atoms with Gasteiger partial charge in [-0.05, 0) is 45.9 Å². The Morgan fingerprint density at radius 2 is 1.90 bits per heavy atom. The maximum absolute atomic E-state index is 11.9. The summed E-state index contributed by atoms with van der Waals surface area (Å²) < 4.78 is 5.12. The molecule has 0 heterocycles. The molecular weight excluding hydrogens is 264 g/mol. The van der Waals surface area contributed by atoms with E-state index in [1.807, 2.05) is 13.8 Å². The first-order chi connectivity index (χ1) is 10.1. The number of aryl methyl sites for hydroxylation is 1. The first kappa shape index (κ1) is 17.5. The molecule has 0 aliphatic carbocycles.